The Labute approximate surface area is 176 Å². The molecule has 2 aromatic carbocycles. The van der Waals surface area contributed by atoms with Crippen molar-refractivity contribution in [2.75, 3.05) is 6.54 Å². The van der Waals surface area contributed by atoms with Crippen LogP contribution >= 0.6 is 0 Å². The van der Waals surface area contributed by atoms with Gasteiger partial charge in [-0.1, -0.05) is 12.1 Å². The SMILES string of the molecule is Cc1cc(O)cc(C)c1CC(N)C(=O)N[C@H](C)C(=O)NCCCc1ccc(F)cc1. The van der Waals surface area contributed by atoms with Crippen molar-refractivity contribution in [2.24, 2.45) is 5.73 Å². The molecule has 6 nitrogen and oxygen atoms in total. The zero-order valence-electron chi connectivity index (χ0n) is 17.7. The zero-order chi connectivity index (χ0) is 22.3. The maximum Gasteiger partial charge on any atom is 0.242 e. The lowest BCUT2D eigenvalue weighted by Gasteiger charge is -2.19. The third kappa shape index (κ3) is 6.84. The molecule has 7 heteroatoms. The summed E-state index contributed by atoms with van der Waals surface area (Å²) in [6, 6.07) is 8.02. The number of amides is 2. The quantitative estimate of drug-likeness (QED) is 0.472. The molecule has 0 saturated carbocycles. The first-order chi connectivity index (χ1) is 14.2. The number of hydrogen-bond acceptors (Lipinski definition) is 4. The van der Waals surface area contributed by atoms with Crippen LogP contribution in [0.5, 0.6) is 5.75 Å². The third-order valence-electron chi connectivity index (χ3n) is 5.05. The molecular weight excluding hydrogens is 385 g/mol. The first kappa shape index (κ1) is 23.3. The largest absolute Gasteiger partial charge is 0.508 e. The molecule has 1 unspecified atom stereocenters. The number of nitrogens with two attached hydrogens (primary N) is 1. The summed E-state index contributed by atoms with van der Waals surface area (Å²) in [7, 11) is 0. The molecule has 2 rings (SSSR count). The molecule has 0 saturated heterocycles. The molecule has 0 spiro atoms. The van der Waals surface area contributed by atoms with E-state index in [2.05, 4.69) is 10.6 Å². The van der Waals surface area contributed by atoms with Gasteiger partial charge in [-0.15, -0.1) is 0 Å². The second-order valence-electron chi connectivity index (χ2n) is 7.62. The second kappa shape index (κ2) is 10.7. The Hall–Kier alpha value is -2.93. The van der Waals surface area contributed by atoms with Gasteiger partial charge in [-0.25, -0.2) is 4.39 Å². The van der Waals surface area contributed by atoms with Crippen LogP contribution in [0.25, 0.3) is 0 Å². The summed E-state index contributed by atoms with van der Waals surface area (Å²) < 4.78 is 12.9. The molecule has 2 amide bonds. The van der Waals surface area contributed by atoms with Gasteiger partial charge in [0.25, 0.3) is 0 Å². The van der Waals surface area contributed by atoms with Crippen LogP contribution in [0.15, 0.2) is 36.4 Å². The minimum atomic E-state index is -0.805. The molecule has 0 fully saturated rings. The Bertz CT molecular complexity index is 861. The van der Waals surface area contributed by atoms with Crippen LogP contribution in [0, 0.1) is 19.7 Å². The number of hydrogen-bond donors (Lipinski definition) is 4. The predicted octanol–water partition coefficient (Wildman–Crippen LogP) is 2.27. The number of rotatable bonds is 9. The van der Waals surface area contributed by atoms with E-state index in [9.17, 15) is 19.1 Å². The first-order valence-electron chi connectivity index (χ1n) is 10.0. The van der Waals surface area contributed by atoms with Crippen molar-refractivity contribution >= 4 is 11.8 Å². The van der Waals surface area contributed by atoms with Gasteiger partial charge in [0.1, 0.15) is 17.6 Å². The van der Waals surface area contributed by atoms with E-state index in [0.717, 1.165) is 28.7 Å². The minimum absolute atomic E-state index is 0.177. The topological polar surface area (TPSA) is 104 Å². The maximum atomic E-state index is 12.9. The Morgan fingerprint density at radius 2 is 1.70 bits per heavy atom. The van der Waals surface area contributed by atoms with Gasteiger partial charge in [0.15, 0.2) is 0 Å². The van der Waals surface area contributed by atoms with E-state index in [4.69, 9.17) is 5.73 Å². The number of nitrogens with one attached hydrogen (secondary N) is 2. The number of phenols is 1. The molecule has 0 aliphatic rings. The molecule has 162 valence electrons. The van der Waals surface area contributed by atoms with Crippen molar-refractivity contribution in [1.29, 1.82) is 0 Å². The van der Waals surface area contributed by atoms with Crippen molar-refractivity contribution in [1.82, 2.24) is 10.6 Å². The van der Waals surface area contributed by atoms with Crippen LogP contribution in [0.3, 0.4) is 0 Å². The Morgan fingerprint density at radius 3 is 2.30 bits per heavy atom. The van der Waals surface area contributed by atoms with E-state index < -0.39 is 18.0 Å². The molecule has 0 aliphatic carbocycles. The van der Waals surface area contributed by atoms with Crippen LogP contribution in [0.4, 0.5) is 4.39 Å². The van der Waals surface area contributed by atoms with Gasteiger partial charge < -0.3 is 21.5 Å². The van der Waals surface area contributed by atoms with Gasteiger partial charge in [0.2, 0.25) is 11.8 Å². The molecule has 0 heterocycles. The van der Waals surface area contributed by atoms with Crippen LogP contribution in [0.2, 0.25) is 0 Å². The summed E-state index contributed by atoms with van der Waals surface area (Å²) in [6.45, 7) is 5.77. The summed E-state index contributed by atoms with van der Waals surface area (Å²) in [4.78, 5) is 24.6. The average molecular weight is 416 g/mol. The normalized spacial score (nSPS) is 12.8. The highest BCUT2D eigenvalue weighted by Gasteiger charge is 2.21. The highest BCUT2D eigenvalue weighted by molar-refractivity contribution is 5.89. The minimum Gasteiger partial charge on any atom is -0.508 e. The van der Waals surface area contributed by atoms with E-state index in [0.29, 0.717) is 19.4 Å². The highest BCUT2D eigenvalue weighted by Crippen LogP contribution is 2.21. The fourth-order valence-electron chi connectivity index (χ4n) is 3.30. The van der Waals surface area contributed by atoms with Gasteiger partial charge in [0.05, 0.1) is 6.04 Å². The fourth-order valence-corrected chi connectivity index (χ4v) is 3.30. The van der Waals surface area contributed by atoms with Crippen molar-refractivity contribution in [3.05, 3.63) is 64.5 Å². The number of phenolic OH excluding ortho intramolecular Hbond substituents is 1. The Balaban J connectivity index is 1.77. The Morgan fingerprint density at radius 1 is 1.10 bits per heavy atom. The number of benzene rings is 2. The van der Waals surface area contributed by atoms with Crippen molar-refractivity contribution in [3.8, 4) is 5.75 Å². The maximum absolute atomic E-state index is 12.9. The highest BCUT2D eigenvalue weighted by atomic mass is 19.1. The lowest BCUT2D eigenvalue weighted by atomic mass is 9.96. The standard InChI is InChI=1S/C23H30FN3O3/c1-14-11-19(28)12-15(2)20(14)13-21(25)23(30)27-16(3)22(29)26-10-4-5-17-6-8-18(24)9-7-17/h6-9,11-12,16,21,28H,4-5,10,13,25H2,1-3H3,(H,26,29)(H,27,30)/t16-,21?/m1/s1. The average Bonchev–Trinajstić information content (AvgIpc) is 2.68. The molecule has 0 radical (unpaired) electrons. The number of carbonyl (C=O) groups is 2. The van der Waals surface area contributed by atoms with Crippen molar-refractivity contribution < 1.29 is 19.1 Å². The van der Waals surface area contributed by atoms with Crippen LogP contribution in [-0.2, 0) is 22.4 Å². The van der Waals surface area contributed by atoms with Crippen LogP contribution in [0.1, 0.15) is 35.6 Å². The van der Waals surface area contributed by atoms with E-state index in [1.54, 1.807) is 31.2 Å². The second-order valence-corrected chi connectivity index (χ2v) is 7.62. The number of aromatic hydroxyl groups is 1. The van der Waals surface area contributed by atoms with Gasteiger partial charge in [0, 0.05) is 6.54 Å². The van der Waals surface area contributed by atoms with Crippen LogP contribution < -0.4 is 16.4 Å². The summed E-state index contributed by atoms with van der Waals surface area (Å²) in [6.07, 6.45) is 1.74. The lowest BCUT2D eigenvalue weighted by Crippen LogP contribution is -2.51. The first-order valence-corrected chi connectivity index (χ1v) is 10.0. The molecule has 2 atom stereocenters. The molecule has 2 aromatic rings. The number of carbonyl (C=O) groups excluding carboxylic acids is 2. The van der Waals surface area contributed by atoms with Crippen molar-refractivity contribution in [3.63, 3.8) is 0 Å². The van der Waals surface area contributed by atoms with Crippen molar-refractivity contribution in [2.45, 2.75) is 52.1 Å². The smallest absolute Gasteiger partial charge is 0.242 e. The Kier molecular flexibility index (Phi) is 8.35. The van der Waals surface area contributed by atoms with E-state index in [-0.39, 0.29) is 17.5 Å². The monoisotopic (exact) mass is 415 g/mol. The predicted molar refractivity (Wildman–Crippen MR) is 115 cm³/mol. The molecule has 0 aliphatic heterocycles. The molecular formula is C23H30FN3O3. The molecule has 0 bridgehead atoms. The zero-order valence-corrected chi connectivity index (χ0v) is 17.7. The summed E-state index contributed by atoms with van der Waals surface area (Å²) in [5.74, 6) is -0.787. The summed E-state index contributed by atoms with van der Waals surface area (Å²) >= 11 is 0. The molecule has 30 heavy (non-hydrogen) atoms. The number of halogens is 1. The summed E-state index contributed by atoms with van der Waals surface area (Å²) in [5.41, 5.74) is 9.67. The van der Waals surface area contributed by atoms with Crippen LogP contribution in [-0.4, -0.2) is 35.5 Å². The van der Waals surface area contributed by atoms with E-state index in [1.165, 1.54) is 12.1 Å². The van der Waals surface area contributed by atoms with E-state index in [1.807, 2.05) is 13.8 Å². The fraction of sp³-hybridized carbons (Fsp3) is 0.391. The lowest BCUT2D eigenvalue weighted by molar-refractivity contribution is -0.129. The van der Waals surface area contributed by atoms with Gasteiger partial charge in [-0.3, -0.25) is 9.59 Å². The van der Waals surface area contributed by atoms with Gasteiger partial charge in [-0.05, 0) is 86.6 Å². The molecule has 5 N–H and O–H groups in total. The number of aryl methyl sites for hydroxylation is 3. The van der Waals surface area contributed by atoms with Gasteiger partial charge in [-0.2, -0.15) is 0 Å². The van der Waals surface area contributed by atoms with E-state index >= 15 is 0 Å². The third-order valence-corrected chi connectivity index (χ3v) is 5.05. The molecule has 0 aromatic heterocycles. The van der Waals surface area contributed by atoms with Gasteiger partial charge >= 0.3 is 0 Å². The summed E-state index contributed by atoms with van der Waals surface area (Å²) in [5, 5.41) is 15.1.